The van der Waals surface area contributed by atoms with Gasteiger partial charge < -0.3 is 25.4 Å². The summed E-state index contributed by atoms with van der Waals surface area (Å²) in [7, 11) is 0. The van der Waals surface area contributed by atoms with E-state index in [0.717, 1.165) is 51.3 Å². The van der Waals surface area contributed by atoms with Crippen LogP contribution in [0.25, 0.3) is 0 Å². The quantitative estimate of drug-likeness (QED) is 0.779. The molecule has 2 aliphatic heterocycles. The highest BCUT2D eigenvalue weighted by molar-refractivity contribution is 5.53. The molecule has 0 radical (unpaired) electrons. The average Bonchev–Trinajstić information content (AvgIpc) is 2.62. The molecule has 0 spiro atoms. The normalized spacial score (nSPS) is 24.9. The Labute approximate surface area is 143 Å². The van der Waals surface area contributed by atoms with Crippen molar-refractivity contribution in [3.8, 4) is 0 Å². The molecule has 3 rings (SSSR count). The van der Waals surface area contributed by atoms with Crippen LogP contribution >= 0.6 is 0 Å². The maximum Gasteiger partial charge on any atom is 0.229 e. The van der Waals surface area contributed by atoms with E-state index in [-0.39, 0.29) is 12.0 Å². The number of anilines is 3. The van der Waals surface area contributed by atoms with Crippen molar-refractivity contribution in [2.24, 2.45) is 5.41 Å². The first kappa shape index (κ1) is 17.0. The van der Waals surface area contributed by atoms with Crippen molar-refractivity contribution in [1.29, 1.82) is 0 Å². The molecule has 0 aromatic carbocycles. The summed E-state index contributed by atoms with van der Waals surface area (Å²) in [6, 6.07) is 1.82. The number of rotatable bonds is 5. The molecule has 3 N–H and O–H groups in total. The summed E-state index contributed by atoms with van der Waals surface area (Å²) in [6.45, 7) is 8.60. The lowest BCUT2D eigenvalue weighted by Crippen LogP contribution is -2.46. The van der Waals surface area contributed by atoms with Crippen LogP contribution in [-0.2, 0) is 4.74 Å². The minimum absolute atomic E-state index is 0.140. The van der Waals surface area contributed by atoms with Crippen LogP contribution in [0.15, 0.2) is 18.7 Å². The van der Waals surface area contributed by atoms with Gasteiger partial charge in [-0.2, -0.15) is 9.97 Å². The largest absolute Gasteiger partial charge is 0.396 e. The number of piperidine rings is 1. The molecule has 2 fully saturated rings. The first-order valence-corrected chi connectivity index (χ1v) is 8.60. The van der Waals surface area contributed by atoms with Gasteiger partial charge in [0.2, 0.25) is 5.95 Å². The van der Waals surface area contributed by atoms with Crippen LogP contribution in [0.5, 0.6) is 0 Å². The fourth-order valence-electron chi connectivity index (χ4n) is 3.58. The highest BCUT2D eigenvalue weighted by Crippen LogP contribution is 2.35. The Balaban J connectivity index is 1.82. The molecule has 0 amide bonds. The zero-order chi connectivity index (χ0) is 17.0. The lowest BCUT2D eigenvalue weighted by molar-refractivity contribution is 0.108. The number of nitrogens with zero attached hydrogens (tertiary/aromatic N) is 4. The molecule has 1 atom stereocenters. The van der Waals surface area contributed by atoms with Crippen LogP contribution in [0, 0.1) is 5.41 Å². The maximum atomic E-state index is 9.90. The van der Waals surface area contributed by atoms with E-state index < -0.39 is 0 Å². The number of hydrogen-bond acceptors (Lipinski definition) is 7. The Hall–Kier alpha value is -1.86. The molecule has 7 nitrogen and oxygen atoms in total. The second-order valence-electron chi connectivity index (χ2n) is 6.73. The summed E-state index contributed by atoms with van der Waals surface area (Å²) in [5.74, 6) is 1.98. The number of nitrogens with two attached hydrogens (primary N) is 1. The van der Waals surface area contributed by atoms with Crippen molar-refractivity contribution in [3.63, 3.8) is 0 Å². The van der Waals surface area contributed by atoms with Gasteiger partial charge in [-0.25, -0.2) is 0 Å². The van der Waals surface area contributed by atoms with Gasteiger partial charge in [-0.05, 0) is 19.3 Å². The van der Waals surface area contributed by atoms with E-state index in [9.17, 15) is 5.11 Å². The van der Waals surface area contributed by atoms with Crippen LogP contribution in [0.1, 0.15) is 19.3 Å². The third-order valence-corrected chi connectivity index (χ3v) is 4.91. The SMILES string of the molecule is C=CC[C@@]1(CO)CCCN(c2cc(N)nc(N3CCOCC3)n2)C1. The minimum Gasteiger partial charge on any atom is -0.396 e. The number of morpholine rings is 1. The van der Waals surface area contributed by atoms with E-state index in [1.807, 2.05) is 12.1 Å². The van der Waals surface area contributed by atoms with Crippen molar-refractivity contribution >= 4 is 17.6 Å². The van der Waals surface area contributed by atoms with Crippen LogP contribution < -0.4 is 15.5 Å². The molecular weight excluding hydrogens is 306 g/mol. The summed E-state index contributed by atoms with van der Waals surface area (Å²) < 4.78 is 5.39. The number of aliphatic hydroxyl groups excluding tert-OH is 1. The fourth-order valence-corrected chi connectivity index (χ4v) is 3.58. The van der Waals surface area contributed by atoms with Crippen LogP contribution in [0.4, 0.5) is 17.6 Å². The van der Waals surface area contributed by atoms with Gasteiger partial charge in [-0.15, -0.1) is 6.58 Å². The van der Waals surface area contributed by atoms with Gasteiger partial charge in [0.25, 0.3) is 0 Å². The van der Waals surface area contributed by atoms with Crippen LogP contribution in [0.3, 0.4) is 0 Å². The second kappa shape index (κ2) is 7.36. The summed E-state index contributed by atoms with van der Waals surface area (Å²) in [6.07, 6.45) is 4.72. The molecule has 1 aromatic heterocycles. The van der Waals surface area contributed by atoms with Gasteiger partial charge in [-0.3, -0.25) is 0 Å². The molecule has 2 saturated heterocycles. The van der Waals surface area contributed by atoms with Crippen LogP contribution in [0.2, 0.25) is 0 Å². The zero-order valence-electron chi connectivity index (χ0n) is 14.2. The molecule has 7 heteroatoms. The number of aromatic nitrogens is 2. The second-order valence-corrected chi connectivity index (χ2v) is 6.73. The monoisotopic (exact) mass is 333 g/mol. The topological polar surface area (TPSA) is 87.7 Å². The molecular formula is C17H27N5O2. The predicted molar refractivity (Wildman–Crippen MR) is 95.3 cm³/mol. The summed E-state index contributed by atoms with van der Waals surface area (Å²) in [4.78, 5) is 13.4. The van der Waals surface area contributed by atoms with Crippen molar-refractivity contribution in [3.05, 3.63) is 18.7 Å². The van der Waals surface area contributed by atoms with Gasteiger partial charge in [-0.1, -0.05) is 6.08 Å². The van der Waals surface area contributed by atoms with E-state index in [1.165, 1.54) is 0 Å². The number of aliphatic hydroxyl groups is 1. The molecule has 2 aliphatic rings. The van der Waals surface area contributed by atoms with Gasteiger partial charge in [0.1, 0.15) is 11.6 Å². The number of allylic oxidation sites excluding steroid dienone is 1. The van der Waals surface area contributed by atoms with Crippen LogP contribution in [-0.4, -0.2) is 61.1 Å². The van der Waals surface area contributed by atoms with Gasteiger partial charge in [0, 0.05) is 37.7 Å². The van der Waals surface area contributed by atoms with Crippen molar-refractivity contribution in [2.45, 2.75) is 19.3 Å². The minimum atomic E-state index is -0.140. The Morgan fingerprint density at radius 1 is 1.29 bits per heavy atom. The molecule has 0 saturated carbocycles. The van der Waals surface area contributed by atoms with Crippen molar-refractivity contribution in [1.82, 2.24) is 9.97 Å². The van der Waals surface area contributed by atoms with E-state index in [2.05, 4.69) is 21.4 Å². The first-order chi connectivity index (χ1) is 11.7. The summed E-state index contributed by atoms with van der Waals surface area (Å²) in [5, 5.41) is 9.90. The summed E-state index contributed by atoms with van der Waals surface area (Å²) >= 11 is 0. The van der Waals surface area contributed by atoms with E-state index in [0.29, 0.717) is 25.0 Å². The third-order valence-electron chi connectivity index (χ3n) is 4.91. The van der Waals surface area contributed by atoms with Gasteiger partial charge in [0.15, 0.2) is 0 Å². The molecule has 3 heterocycles. The fraction of sp³-hybridized carbons (Fsp3) is 0.647. The molecule has 132 valence electrons. The standard InChI is InChI=1S/C17H27N5O2/c1-2-4-17(13-23)5-3-6-22(12-17)15-11-14(18)19-16(20-15)21-7-9-24-10-8-21/h2,11,23H,1,3-10,12-13H2,(H2,18,19,20)/t17-/m1/s1. The van der Waals surface area contributed by atoms with Gasteiger partial charge >= 0.3 is 0 Å². The van der Waals surface area contributed by atoms with E-state index >= 15 is 0 Å². The summed E-state index contributed by atoms with van der Waals surface area (Å²) in [5.41, 5.74) is 5.89. The van der Waals surface area contributed by atoms with Gasteiger partial charge in [0.05, 0.1) is 19.8 Å². The van der Waals surface area contributed by atoms with Crippen molar-refractivity contribution < 1.29 is 9.84 Å². The number of hydrogen-bond donors (Lipinski definition) is 2. The number of nitrogen functional groups attached to an aromatic ring is 1. The number of ether oxygens (including phenoxy) is 1. The smallest absolute Gasteiger partial charge is 0.229 e. The lowest BCUT2D eigenvalue weighted by atomic mass is 9.78. The molecule has 0 aliphatic carbocycles. The molecule has 1 aromatic rings. The Morgan fingerprint density at radius 2 is 2.08 bits per heavy atom. The Morgan fingerprint density at radius 3 is 2.79 bits per heavy atom. The highest BCUT2D eigenvalue weighted by atomic mass is 16.5. The first-order valence-electron chi connectivity index (χ1n) is 8.60. The lowest BCUT2D eigenvalue weighted by Gasteiger charge is -2.42. The average molecular weight is 333 g/mol. The zero-order valence-corrected chi connectivity index (χ0v) is 14.2. The highest BCUT2D eigenvalue weighted by Gasteiger charge is 2.34. The maximum absolute atomic E-state index is 9.90. The molecule has 0 unspecified atom stereocenters. The molecule has 0 bridgehead atoms. The van der Waals surface area contributed by atoms with E-state index in [1.54, 1.807) is 0 Å². The Kier molecular flexibility index (Phi) is 5.20. The third kappa shape index (κ3) is 3.62. The van der Waals surface area contributed by atoms with E-state index in [4.69, 9.17) is 15.5 Å². The molecule has 24 heavy (non-hydrogen) atoms. The Bertz CT molecular complexity index is 576. The van der Waals surface area contributed by atoms with Crippen molar-refractivity contribution in [2.75, 3.05) is 61.5 Å². The predicted octanol–water partition coefficient (Wildman–Crippen LogP) is 1.05.